The predicted molar refractivity (Wildman–Crippen MR) is 68.5 cm³/mol. The van der Waals surface area contributed by atoms with Crippen molar-refractivity contribution in [1.82, 2.24) is 5.32 Å². The molecule has 0 bridgehead atoms. The fourth-order valence-electron chi connectivity index (χ4n) is 2.45. The van der Waals surface area contributed by atoms with Crippen LogP contribution in [0.1, 0.15) is 24.0 Å². The van der Waals surface area contributed by atoms with Crippen molar-refractivity contribution in [2.45, 2.75) is 31.8 Å². The van der Waals surface area contributed by atoms with E-state index < -0.39 is 5.60 Å². The molecule has 1 aromatic rings. The van der Waals surface area contributed by atoms with Crippen LogP contribution in [0.3, 0.4) is 0 Å². The van der Waals surface area contributed by atoms with Gasteiger partial charge in [0.2, 0.25) is 0 Å². The molecule has 1 aromatic carbocycles. The molecule has 2 N–H and O–H groups in total. The van der Waals surface area contributed by atoms with E-state index in [0.29, 0.717) is 6.54 Å². The summed E-state index contributed by atoms with van der Waals surface area (Å²) in [4.78, 5) is 0. The van der Waals surface area contributed by atoms with E-state index in [-0.39, 0.29) is 0 Å². The van der Waals surface area contributed by atoms with Gasteiger partial charge in [-0.25, -0.2) is 0 Å². The van der Waals surface area contributed by atoms with E-state index in [9.17, 15) is 5.11 Å². The van der Waals surface area contributed by atoms with Crippen molar-refractivity contribution in [2.24, 2.45) is 0 Å². The third-order valence-corrected chi connectivity index (χ3v) is 3.52. The zero-order chi connectivity index (χ0) is 12.3. The van der Waals surface area contributed by atoms with E-state index >= 15 is 0 Å². The first-order valence-corrected chi connectivity index (χ1v) is 6.20. The molecule has 1 aliphatic rings. The third-order valence-electron chi connectivity index (χ3n) is 3.52. The smallest absolute Gasteiger partial charge is 0.119 e. The number of hydrogen-bond acceptors (Lipinski definition) is 3. The van der Waals surface area contributed by atoms with Gasteiger partial charge in [-0.05, 0) is 49.6 Å². The Balaban J connectivity index is 2.12. The lowest BCUT2D eigenvalue weighted by atomic mass is 9.86. The first-order valence-electron chi connectivity index (χ1n) is 6.20. The fraction of sp³-hybridized carbons (Fsp3) is 0.571. The average molecular weight is 235 g/mol. The van der Waals surface area contributed by atoms with E-state index in [1.165, 1.54) is 11.1 Å². The van der Waals surface area contributed by atoms with Gasteiger partial charge in [-0.15, -0.1) is 0 Å². The standard InChI is InChI=1S/C14H21NO2/c1-11-8-13(17-2)5-4-12(11)9-14(16)6-3-7-15-10-14/h4-5,8,15-16H,3,6-7,9-10H2,1-2H3. The number of ether oxygens (including phenoxy) is 1. The van der Waals surface area contributed by atoms with E-state index in [0.717, 1.165) is 31.6 Å². The Morgan fingerprint density at radius 2 is 2.29 bits per heavy atom. The van der Waals surface area contributed by atoms with Crippen molar-refractivity contribution in [3.8, 4) is 5.75 Å². The summed E-state index contributed by atoms with van der Waals surface area (Å²) in [6, 6.07) is 6.04. The molecule has 1 unspecified atom stereocenters. The lowest BCUT2D eigenvalue weighted by Gasteiger charge is -2.33. The molecule has 3 heteroatoms. The van der Waals surface area contributed by atoms with Gasteiger partial charge in [0.25, 0.3) is 0 Å². The lowest BCUT2D eigenvalue weighted by molar-refractivity contribution is 0.0168. The van der Waals surface area contributed by atoms with Crippen LogP contribution in [0.25, 0.3) is 0 Å². The second-order valence-corrected chi connectivity index (χ2v) is 4.97. The molecule has 1 atom stereocenters. The highest BCUT2D eigenvalue weighted by Crippen LogP contribution is 2.25. The summed E-state index contributed by atoms with van der Waals surface area (Å²) in [6.45, 7) is 3.78. The van der Waals surface area contributed by atoms with E-state index in [2.05, 4.69) is 18.3 Å². The van der Waals surface area contributed by atoms with Crippen LogP contribution < -0.4 is 10.1 Å². The van der Waals surface area contributed by atoms with Crippen molar-refractivity contribution >= 4 is 0 Å². The first kappa shape index (κ1) is 12.4. The molecular weight excluding hydrogens is 214 g/mol. The van der Waals surface area contributed by atoms with E-state index in [4.69, 9.17) is 4.74 Å². The van der Waals surface area contributed by atoms with Gasteiger partial charge >= 0.3 is 0 Å². The molecule has 1 saturated heterocycles. The van der Waals surface area contributed by atoms with E-state index in [1.807, 2.05) is 12.1 Å². The topological polar surface area (TPSA) is 41.5 Å². The fourth-order valence-corrected chi connectivity index (χ4v) is 2.45. The monoisotopic (exact) mass is 235 g/mol. The van der Waals surface area contributed by atoms with Gasteiger partial charge in [-0.2, -0.15) is 0 Å². The van der Waals surface area contributed by atoms with Gasteiger partial charge in [-0.3, -0.25) is 0 Å². The van der Waals surface area contributed by atoms with Gasteiger partial charge in [-0.1, -0.05) is 6.07 Å². The highest BCUT2D eigenvalue weighted by Gasteiger charge is 2.29. The summed E-state index contributed by atoms with van der Waals surface area (Å²) < 4.78 is 5.19. The molecule has 1 fully saturated rings. The van der Waals surface area contributed by atoms with Crippen LogP contribution in [-0.2, 0) is 6.42 Å². The van der Waals surface area contributed by atoms with Crippen LogP contribution in [0.4, 0.5) is 0 Å². The van der Waals surface area contributed by atoms with Crippen molar-refractivity contribution in [1.29, 1.82) is 0 Å². The van der Waals surface area contributed by atoms with Crippen LogP contribution in [-0.4, -0.2) is 30.9 Å². The maximum atomic E-state index is 10.5. The maximum absolute atomic E-state index is 10.5. The van der Waals surface area contributed by atoms with Gasteiger partial charge < -0.3 is 15.2 Å². The zero-order valence-corrected chi connectivity index (χ0v) is 10.6. The van der Waals surface area contributed by atoms with Crippen LogP contribution in [0, 0.1) is 6.92 Å². The van der Waals surface area contributed by atoms with Crippen LogP contribution in [0.15, 0.2) is 18.2 Å². The van der Waals surface area contributed by atoms with Crippen molar-refractivity contribution in [3.63, 3.8) is 0 Å². The number of benzene rings is 1. The third kappa shape index (κ3) is 2.99. The van der Waals surface area contributed by atoms with E-state index in [1.54, 1.807) is 7.11 Å². The highest BCUT2D eigenvalue weighted by atomic mass is 16.5. The first-order chi connectivity index (χ1) is 8.13. The Morgan fingerprint density at radius 1 is 1.47 bits per heavy atom. The minimum absolute atomic E-state index is 0.586. The molecule has 3 nitrogen and oxygen atoms in total. The number of methoxy groups -OCH3 is 1. The Hall–Kier alpha value is -1.06. The number of hydrogen-bond donors (Lipinski definition) is 2. The van der Waals surface area contributed by atoms with Gasteiger partial charge in [0, 0.05) is 13.0 Å². The Bertz CT molecular complexity index is 384. The SMILES string of the molecule is COc1ccc(CC2(O)CCCNC2)c(C)c1. The van der Waals surface area contributed by atoms with Gasteiger partial charge in [0.05, 0.1) is 12.7 Å². The molecule has 0 radical (unpaired) electrons. The molecule has 0 aliphatic carbocycles. The summed E-state index contributed by atoms with van der Waals surface area (Å²) in [5.74, 6) is 0.875. The molecule has 2 rings (SSSR count). The molecule has 94 valence electrons. The number of nitrogens with one attached hydrogen (secondary N) is 1. The summed E-state index contributed by atoms with van der Waals surface area (Å²) in [5, 5.41) is 13.7. The number of rotatable bonds is 3. The maximum Gasteiger partial charge on any atom is 0.119 e. The molecule has 1 aliphatic heterocycles. The van der Waals surface area contributed by atoms with Gasteiger partial charge in [0.15, 0.2) is 0 Å². The molecule has 1 heterocycles. The summed E-state index contributed by atoms with van der Waals surface area (Å²) >= 11 is 0. The zero-order valence-electron chi connectivity index (χ0n) is 10.6. The molecule has 0 aromatic heterocycles. The second-order valence-electron chi connectivity index (χ2n) is 4.97. The van der Waals surface area contributed by atoms with Crippen LogP contribution in [0.2, 0.25) is 0 Å². The number of aliphatic hydroxyl groups is 1. The largest absolute Gasteiger partial charge is 0.497 e. The van der Waals surface area contributed by atoms with Crippen molar-refractivity contribution in [2.75, 3.05) is 20.2 Å². The number of β-amino-alcohol motifs (C(OH)–C–C–N with tert-alkyl or cyclic N) is 1. The lowest BCUT2D eigenvalue weighted by Crippen LogP contribution is -2.47. The Labute approximate surface area is 103 Å². The summed E-state index contributed by atoms with van der Waals surface area (Å²) in [6.07, 6.45) is 2.65. The molecule has 0 spiro atoms. The molecular formula is C14H21NO2. The molecule has 0 saturated carbocycles. The van der Waals surface area contributed by atoms with Crippen LogP contribution >= 0.6 is 0 Å². The highest BCUT2D eigenvalue weighted by molar-refractivity contribution is 5.35. The molecule has 0 amide bonds. The normalized spacial score (nSPS) is 24.6. The molecule has 17 heavy (non-hydrogen) atoms. The van der Waals surface area contributed by atoms with Crippen molar-refractivity contribution in [3.05, 3.63) is 29.3 Å². The quantitative estimate of drug-likeness (QED) is 0.837. The minimum Gasteiger partial charge on any atom is -0.497 e. The number of aryl methyl sites for hydroxylation is 1. The predicted octanol–water partition coefficient (Wildman–Crippen LogP) is 1.66. The Morgan fingerprint density at radius 3 is 2.88 bits per heavy atom. The Kier molecular flexibility index (Phi) is 3.69. The van der Waals surface area contributed by atoms with Crippen molar-refractivity contribution < 1.29 is 9.84 Å². The van der Waals surface area contributed by atoms with Crippen LogP contribution in [0.5, 0.6) is 5.75 Å². The number of piperidine rings is 1. The summed E-state index contributed by atoms with van der Waals surface area (Å²) in [7, 11) is 1.67. The minimum atomic E-state index is -0.586. The summed E-state index contributed by atoms with van der Waals surface area (Å²) in [5.41, 5.74) is 1.80. The van der Waals surface area contributed by atoms with Gasteiger partial charge in [0.1, 0.15) is 5.75 Å². The average Bonchev–Trinajstić information content (AvgIpc) is 2.32. The second kappa shape index (κ2) is 5.07.